The third-order valence-electron chi connectivity index (χ3n) is 7.53. The molecule has 0 aliphatic heterocycles. The highest BCUT2D eigenvalue weighted by Crippen LogP contribution is 2.33. The van der Waals surface area contributed by atoms with Crippen molar-refractivity contribution in [2.24, 2.45) is 0 Å². The number of aromatic nitrogens is 3. The molecule has 0 aliphatic rings. The van der Waals surface area contributed by atoms with Gasteiger partial charge in [0, 0.05) is 27.5 Å². The number of hydrogen-bond acceptors (Lipinski definition) is 4. The Morgan fingerprint density at radius 3 is 1.71 bits per heavy atom. The standard InChI is InChI=1S/C37H23N3O/c1-2-9-26(10-3-1)35-38-36(27-17-14-25(15-18-27)29-19-16-24-8-4-5-11-28(24)22-29)40-37(39-35)30-20-21-32-31-12-6-7-13-33(31)41-34(32)23-30/h1-23H. The molecule has 0 bridgehead atoms. The van der Waals surface area contributed by atoms with Crippen LogP contribution in [0.4, 0.5) is 0 Å². The van der Waals surface area contributed by atoms with E-state index in [1.54, 1.807) is 0 Å². The molecule has 0 saturated heterocycles. The normalized spacial score (nSPS) is 11.4. The fourth-order valence-corrected chi connectivity index (χ4v) is 5.40. The SMILES string of the molecule is c1ccc(-c2nc(-c3ccc(-c4ccc5ccccc5c4)cc3)nc(-c3ccc4c(c3)oc3ccccc34)n2)cc1. The number of furan rings is 1. The molecular formula is C37H23N3O. The zero-order valence-corrected chi connectivity index (χ0v) is 22.0. The highest BCUT2D eigenvalue weighted by molar-refractivity contribution is 6.05. The van der Waals surface area contributed by atoms with Gasteiger partial charge in [0.2, 0.25) is 0 Å². The summed E-state index contributed by atoms with van der Waals surface area (Å²) < 4.78 is 6.16. The summed E-state index contributed by atoms with van der Waals surface area (Å²) in [5, 5.41) is 4.64. The second-order valence-electron chi connectivity index (χ2n) is 10.1. The lowest BCUT2D eigenvalue weighted by molar-refractivity contribution is 0.669. The molecule has 2 heterocycles. The Labute approximate surface area is 236 Å². The van der Waals surface area contributed by atoms with Gasteiger partial charge >= 0.3 is 0 Å². The van der Waals surface area contributed by atoms with Crippen LogP contribution >= 0.6 is 0 Å². The van der Waals surface area contributed by atoms with Gasteiger partial charge in [-0.05, 0) is 46.2 Å². The van der Waals surface area contributed by atoms with E-state index in [0.29, 0.717) is 17.5 Å². The predicted molar refractivity (Wildman–Crippen MR) is 166 cm³/mol. The molecule has 0 fully saturated rings. The summed E-state index contributed by atoms with van der Waals surface area (Å²) in [4.78, 5) is 14.7. The van der Waals surface area contributed by atoms with Crippen molar-refractivity contribution in [2.45, 2.75) is 0 Å². The number of para-hydroxylation sites is 1. The maximum absolute atomic E-state index is 6.16. The van der Waals surface area contributed by atoms with E-state index >= 15 is 0 Å². The van der Waals surface area contributed by atoms with Crippen molar-refractivity contribution in [1.29, 1.82) is 0 Å². The van der Waals surface area contributed by atoms with Crippen LogP contribution < -0.4 is 0 Å². The van der Waals surface area contributed by atoms with Gasteiger partial charge in [-0.15, -0.1) is 0 Å². The Hall–Kier alpha value is -5.61. The highest BCUT2D eigenvalue weighted by atomic mass is 16.3. The van der Waals surface area contributed by atoms with Crippen LogP contribution in [-0.4, -0.2) is 15.0 Å². The van der Waals surface area contributed by atoms with Gasteiger partial charge in [-0.2, -0.15) is 0 Å². The van der Waals surface area contributed by atoms with Gasteiger partial charge in [-0.3, -0.25) is 0 Å². The summed E-state index contributed by atoms with van der Waals surface area (Å²) in [7, 11) is 0. The van der Waals surface area contributed by atoms with Crippen molar-refractivity contribution in [3.05, 3.63) is 140 Å². The lowest BCUT2D eigenvalue weighted by atomic mass is 10.00. The maximum atomic E-state index is 6.16. The fourth-order valence-electron chi connectivity index (χ4n) is 5.40. The topological polar surface area (TPSA) is 51.8 Å². The third kappa shape index (κ3) is 4.23. The summed E-state index contributed by atoms with van der Waals surface area (Å²) in [6, 6.07) is 47.7. The molecule has 0 saturated carbocycles. The molecule has 4 heteroatoms. The fraction of sp³-hybridized carbons (Fsp3) is 0. The third-order valence-corrected chi connectivity index (χ3v) is 7.53. The van der Waals surface area contributed by atoms with E-state index in [0.717, 1.165) is 44.2 Å². The number of rotatable bonds is 4. The summed E-state index contributed by atoms with van der Waals surface area (Å²) >= 11 is 0. The minimum Gasteiger partial charge on any atom is -0.456 e. The summed E-state index contributed by atoms with van der Waals surface area (Å²) in [5.74, 6) is 1.87. The van der Waals surface area contributed by atoms with Crippen LogP contribution in [-0.2, 0) is 0 Å². The maximum Gasteiger partial charge on any atom is 0.164 e. The Balaban J connectivity index is 1.23. The van der Waals surface area contributed by atoms with E-state index in [4.69, 9.17) is 19.4 Å². The first kappa shape index (κ1) is 23.3. The molecule has 6 aromatic carbocycles. The van der Waals surface area contributed by atoms with Gasteiger partial charge < -0.3 is 4.42 Å². The molecule has 0 amide bonds. The molecule has 0 N–H and O–H groups in total. The van der Waals surface area contributed by atoms with Crippen molar-refractivity contribution >= 4 is 32.7 Å². The minimum absolute atomic E-state index is 0.606. The van der Waals surface area contributed by atoms with Crippen molar-refractivity contribution < 1.29 is 4.42 Å². The molecule has 0 unspecified atom stereocenters. The predicted octanol–water partition coefficient (Wildman–Crippen LogP) is 9.59. The van der Waals surface area contributed by atoms with Gasteiger partial charge in [-0.25, -0.2) is 15.0 Å². The smallest absolute Gasteiger partial charge is 0.164 e. The number of hydrogen-bond donors (Lipinski definition) is 0. The Morgan fingerprint density at radius 2 is 0.902 bits per heavy atom. The summed E-state index contributed by atoms with van der Waals surface area (Å²) in [6.07, 6.45) is 0. The Morgan fingerprint density at radius 1 is 0.341 bits per heavy atom. The van der Waals surface area contributed by atoms with E-state index in [1.165, 1.54) is 16.3 Å². The van der Waals surface area contributed by atoms with Crippen LogP contribution in [0, 0.1) is 0 Å². The van der Waals surface area contributed by atoms with Crippen molar-refractivity contribution in [2.75, 3.05) is 0 Å². The second kappa shape index (κ2) is 9.54. The van der Waals surface area contributed by atoms with E-state index in [-0.39, 0.29) is 0 Å². The molecule has 8 rings (SSSR count). The van der Waals surface area contributed by atoms with Gasteiger partial charge in [0.1, 0.15) is 11.2 Å². The van der Waals surface area contributed by atoms with Crippen LogP contribution in [0.1, 0.15) is 0 Å². The quantitative estimate of drug-likeness (QED) is 0.230. The molecule has 0 spiro atoms. The molecule has 41 heavy (non-hydrogen) atoms. The Bertz CT molecular complexity index is 2200. The molecule has 2 aromatic heterocycles. The van der Waals surface area contributed by atoms with Crippen molar-refractivity contribution in [3.8, 4) is 45.3 Å². The number of benzene rings is 6. The van der Waals surface area contributed by atoms with Crippen LogP contribution in [0.2, 0.25) is 0 Å². The van der Waals surface area contributed by atoms with E-state index in [1.807, 2.05) is 54.6 Å². The zero-order chi connectivity index (χ0) is 27.2. The minimum atomic E-state index is 0.606. The van der Waals surface area contributed by atoms with Gasteiger partial charge in [0.15, 0.2) is 17.5 Å². The Kier molecular flexibility index (Phi) is 5.42. The second-order valence-corrected chi connectivity index (χ2v) is 10.1. The molecular weight excluding hydrogens is 502 g/mol. The van der Waals surface area contributed by atoms with Gasteiger partial charge in [0.25, 0.3) is 0 Å². The molecule has 192 valence electrons. The lowest BCUT2D eigenvalue weighted by Crippen LogP contribution is -2.00. The average molecular weight is 526 g/mol. The molecule has 0 atom stereocenters. The first-order valence-corrected chi connectivity index (χ1v) is 13.6. The van der Waals surface area contributed by atoms with Crippen LogP contribution in [0.5, 0.6) is 0 Å². The lowest BCUT2D eigenvalue weighted by Gasteiger charge is -2.09. The summed E-state index contributed by atoms with van der Waals surface area (Å²) in [5.41, 5.74) is 6.75. The number of fused-ring (bicyclic) bond motifs is 4. The molecule has 8 aromatic rings. The zero-order valence-electron chi connectivity index (χ0n) is 22.0. The first-order valence-electron chi connectivity index (χ1n) is 13.6. The van der Waals surface area contributed by atoms with Crippen molar-refractivity contribution in [1.82, 2.24) is 15.0 Å². The molecule has 4 nitrogen and oxygen atoms in total. The van der Waals surface area contributed by atoms with E-state index < -0.39 is 0 Å². The highest BCUT2D eigenvalue weighted by Gasteiger charge is 2.14. The van der Waals surface area contributed by atoms with Crippen LogP contribution in [0.3, 0.4) is 0 Å². The first-order chi connectivity index (χ1) is 20.3. The van der Waals surface area contributed by atoms with Gasteiger partial charge in [-0.1, -0.05) is 115 Å². The van der Waals surface area contributed by atoms with Crippen LogP contribution in [0.25, 0.3) is 78.0 Å². The number of nitrogens with zero attached hydrogens (tertiary/aromatic N) is 3. The van der Waals surface area contributed by atoms with Crippen molar-refractivity contribution in [3.63, 3.8) is 0 Å². The van der Waals surface area contributed by atoms with Crippen LogP contribution in [0.15, 0.2) is 144 Å². The van der Waals surface area contributed by atoms with E-state index in [2.05, 4.69) is 84.9 Å². The average Bonchev–Trinajstić information content (AvgIpc) is 3.43. The molecule has 0 aliphatic carbocycles. The largest absolute Gasteiger partial charge is 0.456 e. The van der Waals surface area contributed by atoms with E-state index in [9.17, 15) is 0 Å². The monoisotopic (exact) mass is 525 g/mol. The molecule has 0 radical (unpaired) electrons. The summed E-state index contributed by atoms with van der Waals surface area (Å²) in [6.45, 7) is 0. The van der Waals surface area contributed by atoms with Gasteiger partial charge in [0.05, 0.1) is 0 Å².